The van der Waals surface area contributed by atoms with E-state index in [4.69, 9.17) is 0 Å². The predicted octanol–water partition coefficient (Wildman–Crippen LogP) is 2.71. The van der Waals surface area contributed by atoms with Crippen molar-refractivity contribution in [2.45, 2.75) is 39.5 Å². The number of carbonyl (C=O) groups excluding carboxylic acids is 1. The Morgan fingerprint density at radius 1 is 1.50 bits per heavy atom. The van der Waals surface area contributed by atoms with Crippen molar-refractivity contribution in [3.63, 3.8) is 0 Å². The molecule has 3 heteroatoms. The van der Waals surface area contributed by atoms with E-state index < -0.39 is 0 Å². The van der Waals surface area contributed by atoms with Crippen molar-refractivity contribution < 1.29 is 4.79 Å². The van der Waals surface area contributed by atoms with Crippen LogP contribution in [0.5, 0.6) is 0 Å². The molecule has 0 aliphatic heterocycles. The van der Waals surface area contributed by atoms with Gasteiger partial charge in [0.2, 0.25) is 5.91 Å². The molecule has 1 aliphatic carbocycles. The van der Waals surface area contributed by atoms with E-state index in [1.165, 1.54) is 12.8 Å². The topological polar surface area (TPSA) is 29.1 Å². The normalized spacial score (nSPS) is 21.9. The van der Waals surface area contributed by atoms with Crippen molar-refractivity contribution in [2.75, 3.05) is 11.9 Å². The van der Waals surface area contributed by atoms with Gasteiger partial charge in [-0.25, -0.2) is 0 Å². The van der Waals surface area contributed by atoms with E-state index in [1.54, 1.807) is 0 Å². The van der Waals surface area contributed by atoms with Gasteiger partial charge in [-0.3, -0.25) is 4.79 Å². The first kappa shape index (κ1) is 12.0. The zero-order valence-electron chi connectivity index (χ0n) is 9.11. The van der Waals surface area contributed by atoms with Crippen molar-refractivity contribution in [1.29, 1.82) is 0 Å². The van der Waals surface area contributed by atoms with Gasteiger partial charge in [-0.2, -0.15) is 0 Å². The first-order valence-electron chi connectivity index (χ1n) is 5.43. The maximum absolute atomic E-state index is 11.9. The quantitative estimate of drug-likeness (QED) is 0.775. The Balaban J connectivity index is 2.34. The molecule has 0 heterocycles. The Labute approximate surface area is 95.0 Å². The fourth-order valence-corrected chi connectivity index (χ4v) is 2.15. The smallest absolute Gasteiger partial charge is 0.225 e. The van der Waals surface area contributed by atoms with E-state index in [0.29, 0.717) is 5.92 Å². The summed E-state index contributed by atoms with van der Waals surface area (Å²) in [7, 11) is 0. The Morgan fingerprint density at radius 2 is 2.07 bits per heavy atom. The SMILES string of the molecule is CC(CBr)CNC(=O)C1(C)CCCC1. The third kappa shape index (κ3) is 2.97. The molecule has 14 heavy (non-hydrogen) atoms. The summed E-state index contributed by atoms with van der Waals surface area (Å²) in [6.45, 7) is 5.01. The highest BCUT2D eigenvalue weighted by molar-refractivity contribution is 9.09. The van der Waals surface area contributed by atoms with E-state index >= 15 is 0 Å². The van der Waals surface area contributed by atoms with E-state index in [2.05, 4.69) is 35.1 Å². The molecule has 2 nitrogen and oxygen atoms in total. The Kier molecular flexibility index (Phi) is 4.42. The lowest BCUT2D eigenvalue weighted by Crippen LogP contribution is -2.39. The molecular weight excluding hydrogens is 242 g/mol. The molecular formula is C11H20BrNO. The second-order valence-electron chi connectivity index (χ2n) is 4.74. The van der Waals surface area contributed by atoms with Gasteiger partial charge in [0.05, 0.1) is 0 Å². The monoisotopic (exact) mass is 261 g/mol. The van der Waals surface area contributed by atoms with Crippen LogP contribution in [0.3, 0.4) is 0 Å². The summed E-state index contributed by atoms with van der Waals surface area (Å²) in [6, 6.07) is 0. The van der Waals surface area contributed by atoms with E-state index in [1.807, 2.05) is 0 Å². The van der Waals surface area contributed by atoms with E-state index in [0.717, 1.165) is 24.7 Å². The number of rotatable bonds is 4. The highest BCUT2D eigenvalue weighted by Crippen LogP contribution is 2.37. The van der Waals surface area contributed by atoms with Gasteiger partial charge in [0.25, 0.3) is 0 Å². The number of nitrogens with one attached hydrogen (secondary N) is 1. The maximum atomic E-state index is 11.9. The number of halogens is 1. The lowest BCUT2D eigenvalue weighted by atomic mass is 9.88. The van der Waals surface area contributed by atoms with E-state index in [-0.39, 0.29) is 11.3 Å². The number of carbonyl (C=O) groups is 1. The average Bonchev–Trinajstić information content (AvgIpc) is 2.62. The molecule has 1 amide bonds. The predicted molar refractivity (Wildman–Crippen MR) is 62.5 cm³/mol. The Hall–Kier alpha value is -0.0500. The van der Waals surface area contributed by atoms with Gasteiger partial charge in [0, 0.05) is 17.3 Å². The van der Waals surface area contributed by atoms with Crippen molar-refractivity contribution >= 4 is 21.8 Å². The molecule has 1 atom stereocenters. The Morgan fingerprint density at radius 3 is 2.57 bits per heavy atom. The lowest BCUT2D eigenvalue weighted by Gasteiger charge is -2.23. The van der Waals surface area contributed by atoms with Crippen LogP contribution in [-0.4, -0.2) is 17.8 Å². The second-order valence-corrected chi connectivity index (χ2v) is 5.38. The molecule has 1 saturated carbocycles. The molecule has 1 N–H and O–H groups in total. The minimum Gasteiger partial charge on any atom is -0.355 e. The molecule has 0 spiro atoms. The Bertz CT molecular complexity index is 199. The summed E-state index contributed by atoms with van der Waals surface area (Å²) in [4.78, 5) is 11.9. The van der Waals surface area contributed by atoms with Crippen LogP contribution in [0.2, 0.25) is 0 Å². The third-order valence-electron chi connectivity index (χ3n) is 3.13. The van der Waals surface area contributed by atoms with Crippen molar-refractivity contribution in [2.24, 2.45) is 11.3 Å². The van der Waals surface area contributed by atoms with Gasteiger partial charge in [0.15, 0.2) is 0 Å². The number of alkyl halides is 1. The molecule has 1 aliphatic rings. The molecule has 1 unspecified atom stereocenters. The number of hydrogen-bond acceptors (Lipinski definition) is 1. The van der Waals surface area contributed by atoms with Gasteiger partial charge < -0.3 is 5.32 Å². The van der Waals surface area contributed by atoms with Crippen molar-refractivity contribution in [1.82, 2.24) is 5.32 Å². The van der Waals surface area contributed by atoms with Crippen LogP contribution in [0.1, 0.15) is 39.5 Å². The lowest BCUT2D eigenvalue weighted by molar-refractivity contribution is -0.130. The second kappa shape index (κ2) is 5.15. The minimum absolute atomic E-state index is 0.0773. The fraction of sp³-hybridized carbons (Fsp3) is 0.909. The van der Waals surface area contributed by atoms with Gasteiger partial charge >= 0.3 is 0 Å². The molecule has 0 bridgehead atoms. The molecule has 0 radical (unpaired) electrons. The molecule has 82 valence electrons. The highest BCUT2D eigenvalue weighted by atomic mass is 79.9. The number of hydrogen-bond donors (Lipinski definition) is 1. The van der Waals surface area contributed by atoms with Crippen LogP contribution in [-0.2, 0) is 4.79 Å². The third-order valence-corrected chi connectivity index (χ3v) is 4.24. The first-order chi connectivity index (χ1) is 6.58. The molecule has 0 saturated heterocycles. The van der Waals surface area contributed by atoms with Crippen molar-refractivity contribution in [3.8, 4) is 0 Å². The molecule has 0 aromatic heterocycles. The van der Waals surface area contributed by atoms with Crippen LogP contribution >= 0.6 is 15.9 Å². The summed E-state index contributed by atoms with van der Waals surface area (Å²) in [5, 5.41) is 4.00. The van der Waals surface area contributed by atoms with Crippen LogP contribution < -0.4 is 5.32 Å². The summed E-state index contributed by atoms with van der Waals surface area (Å²) in [5.74, 6) is 0.770. The van der Waals surface area contributed by atoms with Crippen LogP contribution in [0.4, 0.5) is 0 Å². The van der Waals surface area contributed by atoms with Crippen LogP contribution in [0.15, 0.2) is 0 Å². The highest BCUT2D eigenvalue weighted by Gasteiger charge is 2.35. The van der Waals surface area contributed by atoms with Crippen molar-refractivity contribution in [3.05, 3.63) is 0 Å². The molecule has 1 rings (SSSR count). The van der Waals surface area contributed by atoms with Gasteiger partial charge in [0.1, 0.15) is 0 Å². The number of amides is 1. The zero-order chi connectivity index (χ0) is 10.6. The van der Waals surface area contributed by atoms with Crippen LogP contribution in [0, 0.1) is 11.3 Å². The van der Waals surface area contributed by atoms with Gasteiger partial charge in [-0.15, -0.1) is 0 Å². The summed E-state index contributed by atoms with van der Waals surface area (Å²) in [6.07, 6.45) is 4.53. The van der Waals surface area contributed by atoms with E-state index in [9.17, 15) is 4.79 Å². The summed E-state index contributed by atoms with van der Waals surface area (Å²) >= 11 is 3.41. The molecule has 0 aromatic carbocycles. The first-order valence-corrected chi connectivity index (χ1v) is 6.55. The summed E-state index contributed by atoms with van der Waals surface area (Å²) in [5.41, 5.74) is -0.0773. The van der Waals surface area contributed by atoms with Crippen LogP contribution in [0.25, 0.3) is 0 Å². The van der Waals surface area contributed by atoms with Gasteiger partial charge in [-0.1, -0.05) is 42.6 Å². The minimum atomic E-state index is -0.0773. The largest absolute Gasteiger partial charge is 0.355 e. The maximum Gasteiger partial charge on any atom is 0.225 e. The fourth-order valence-electron chi connectivity index (χ4n) is 1.92. The standard InChI is InChI=1S/C11H20BrNO/c1-9(7-12)8-13-10(14)11(2)5-3-4-6-11/h9H,3-8H2,1-2H3,(H,13,14). The molecule has 0 aromatic rings. The molecule has 1 fully saturated rings. The average molecular weight is 262 g/mol. The van der Waals surface area contributed by atoms with Gasteiger partial charge in [-0.05, 0) is 18.8 Å². The summed E-state index contributed by atoms with van der Waals surface area (Å²) < 4.78 is 0. The zero-order valence-corrected chi connectivity index (χ0v) is 10.7.